The summed E-state index contributed by atoms with van der Waals surface area (Å²) in [7, 11) is 0. The van der Waals surface area contributed by atoms with Gasteiger partial charge in [0.1, 0.15) is 5.60 Å². The third-order valence-corrected chi connectivity index (χ3v) is 3.82. The minimum absolute atomic E-state index is 0.169. The van der Waals surface area contributed by atoms with Crippen LogP contribution in [-0.2, 0) is 4.74 Å². The molecule has 1 aliphatic heterocycles. The molecule has 1 aliphatic carbocycles. The maximum absolute atomic E-state index is 5.79. The lowest BCUT2D eigenvalue weighted by molar-refractivity contribution is -0.208. The van der Waals surface area contributed by atoms with Crippen LogP contribution >= 0.6 is 0 Å². The van der Waals surface area contributed by atoms with E-state index in [1.165, 1.54) is 32.1 Å². The summed E-state index contributed by atoms with van der Waals surface area (Å²) in [5.74, 6) is 0.990. The van der Waals surface area contributed by atoms with Crippen LogP contribution in [0.1, 0.15) is 46.0 Å². The van der Waals surface area contributed by atoms with E-state index in [0.29, 0.717) is 0 Å². The minimum Gasteiger partial charge on any atom is -0.490 e. The van der Waals surface area contributed by atoms with Crippen molar-refractivity contribution in [3.8, 4) is 0 Å². The molecular formula is C11H18O. The summed E-state index contributed by atoms with van der Waals surface area (Å²) in [5, 5.41) is 0. The highest BCUT2D eigenvalue weighted by atomic mass is 16.5. The lowest BCUT2D eigenvalue weighted by Gasteiger charge is -2.59. The third-order valence-electron chi connectivity index (χ3n) is 3.82. The molecule has 0 aromatic carbocycles. The van der Waals surface area contributed by atoms with Crippen molar-refractivity contribution in [1.82, 2.24) is 0 Å². The summed E-state index contributed by atoms with van der Waals surface area (Å²) in [5.41, 5.74) is 0.399. The Morgan fingerprint density at radius 3 is 2.17 bits per heavy atom. The minimum atomic E-state index is 0.169. The highest BCUT2D eigenvalue weighted by Gasteiger charge is 2.58. The smallest absolute Gasteiger partial charge is 0.121 e. The fourth-order valence-electron chi connectivity index (χ4n) is 2.55. The maximum atomic E-state index is 5.79. The lowest BCUT2D eigenvalue weighted by atomic mass is 9.62. The van der Waals surface area contributed by atoms with Crippen LogP contribution in [0.25, 0.3) is 0 Å². The summed E-state index contributed by atoms with van der Waals surface area (Å²) in [4.78, 5) is 0. The van der Waals surface area contributed by atoms with Gasteiger partial charge < -0.3 is 4.74 Å². The molecular weight excluding hydrogens is 148 g/mol. The van der Waals surface area contributed by atoms with E-state index in [2.05, 4.69) is 20.4 Å². The van der Waals surface area contributed by atoms with Crippen molar-refractivity contribution in [3.63, 3.8) is 0 Å². The summed E-state index contributed by atoms with van der Waals surface area (Å²) in [6, 6.07) is 0. The summed E-state index contributed by atoms with van der Waals surface area (Å²) < 4.78 is 5.79. The van der Waals surface area contributed by atoms with E-state index in [4.69, 9.17) is 4.74 Å². The second-order valence-corrected chi connectivity index (χ2v) is 4.71. The first-order valence-electron chi connectivity index (χ1n) is 4.97. The van der Waals surface area contributed by atoms with Gasteiger partial charge in [-0.05, 0) is 39.5 Å². The molecule has 1 heteroatoms. The lowest BCUT2D eigenvalue weighted by Crippen LogP contribution is -2.58. The molecule has 0 atom stereocenters. The second kappa shape index (κ2) is 2.27. The number of rotatable bonds is 0. The highest BCUT2D eigenvalue weighted by molar-refractivity contribution is 5.21. The van der Waals surface area contributed by atoms with Gasteiger partial charge in [0.2, 0.25) is 0 Å². The monoisotopic (exact) mass is 166 g/mol. The molecule has 2 fully saturated rings. The van der Waals surface area contributed by atoms with Gasteiger partial charge in [-0.1, -0.05) is 13.0 Å². The molecule has 1 saturated carbocycles. The second-order valence-electron chi connectivity index (χ2n) is 4.71. The molecule has 0 radical (unpaired) electrons. The molecule has 2 aliphatic rings. The van der Waals surface area contributed by atoms with Crippen LogP contribution < -0.4 is 0 Å². The average Bonchev–Trinajstić information content (AvgIpc) is 2.06. The predicted molar refractivity (Wildman–Crippen MR) is 49.8 cm³/mol. The van der Waals surface area contributed by atoms with Crippen LogP contribution in [0.5, 0.6) is 0 Å². The Kier molecular flexibility index (Phi) is 1.54. The Morgan fingerprint density at radius 2 is 1.75 bits per heavy atom. The quantitative estimate of drug-likeness (QED) is 0.536. The summed E-state index contributed by atoms with van der Waals surface area (Å²) in [6.45, 7) is 8.48. The zero-order chi connectivity index (χ0) is 8.82. The van der Waals surface area contributed by atoms with Crippen molar-refractivity contribution in [1.29, 1.82) is 0 Å². The zero-order valence-corrected chi connectivity index (χ0v) is 8.15. The molecule has 1 heterocycles. The van der Waals surface area contributed by atoms with Crippen molar-refractivity contribution in [2.75, 3.05) is 0 Å². The largest absolute Gasteiger partial charge is 0.490 e. The molecule has 1 nitrogen and oxygen atoms in total. The molecule has 1 saturated heterocycles. The van der Waals surface area contributed by atoms with Crippen LogP contribution in [0.4, 0.5) is 0 Å². The molecule has 1 spiro atoms. The molecule has 2 rings (SSSR count). The van der Waals surface area contributed by atoms with Gasteiger partial charge in [-0.2, -0.15) is 0 Å². The number of ether oxygens (including phenoxy) is 1. The Bertz CT molecular complexity index is 209. The van der Waals surface area contributed by atoms with Gasteiger partial charge in [-0.3, -0.25) is 0 Å². The fourth-order valence-corrected chi connectivity index (χ4v) is 2.55. The van der Waals surface area contributed by atoms with Crippen molar-refractivity contribution >= 4 is 0 Å². The van der Waals surface area contributed by atoms with E-state index >= 15 is 0 Å². The molecule has 0 amide bonds. The average molecular weight is 166 g/mol. The molecule has 0 aromatic rings. The van der Waals surface area contributed by atoms with E-state index in [0.717, 1.165) is 5.76 Å². The molecule has 0 bridgehead atoms. The molecule has 68 valence electrons. The van der Waals surface area contributed by atoms with Gasteiger partial charge in [0.25, 0.3) is 0 Å². The van der Waals surface area contributed by atoms with Crippen LogP contribution in [0, 0.1) is 5.41 Å². The Hall–Kier alpha value is -0.460. The molecule has 0 aromatic heterocycles. The molecule has 0 N–H and O–H groups in total. The van der Waals surface area contributed by atoms with Crippen molar-refractivity contribution < 1.29 is 4.74 Å². The first-order valence-corrected chi connectivity index (χ1v) is 4.97. The van der Waals surface area contributed by atoms with E-state index in [1.54, 1.807) is 0 Å². The number of hydrogen-bond acceptors (Lipinski definition) is 1. The van der Waals surface area contributed by atoms with Gasteiger partial charge in [0.05, 0.1) is 11.2 Å². The zero-order valence-electron chi connectivity index (χ0n) is 8.15. The highest BCUT2D eigenvalue weighted by Crippen LogP contribution is 2.58. The number of hydrogen-bond donors (Lipinski definition) is 0. The first kappa shape index (κ1) is 8.15. The van der Waals surface area contributed by atoms with Gasteiger partial charge in [0.15, 0.2) is 0 Å². The van der Waals surface area contributed by atoms with E-state index < -0.39 is 0 Å². The van der Waals surface area contributed by atoms with E-state index in [-0.39, 0.29) is 11.0 Å². The SMILES string of the molecule is C=C1OC2(CCCCC2)C1(C)C. The standard InChI is InChI=1S/C11H18O/c1-9-10(2,3)11(12-9)7-5-4-6-8-11/h1,4-8H2,2-3H3. The predicted octanol–water partition coefficient (Wildman–Crippen LogP) is 3.26. The molecule has 12 heavy (non-hydrogen) atoms. The first-order chi connectivity index (χ1) is 5.58. The van der Waals surface area contributed by atoms with E-state index in [9.17, 15) is 0 Å². The third kappa shape index (κ3) is 0.797. The van der Waals surface area contributed by atoms with Crippen LogP contribution in [0.15, 0.2) is 12.3 Å². The normalized spacial score (nSPS) is 31.0. The van der Waals surface area contributed by atoms with Gasteiger partial charge >= 0.3 is 0 Å². The fraction of sp³-hybridized carbons (Fsp3) is 0.818. The Balaban J connectivity index is 2.17. The van der Waals surface area contributed by atoms with Gasteiger partial charge in [0, 0.05) is 0 Å². The summed E-state index contributed by atoms with van der Waals surface area (Å²) >= 11 is 0. The Morgan fingerprint density at radius 1 is 1.17 bits per heavy atom. The maximum Gasteiger partial charge on any atom is 0.121 e. The van der Waals surface area contributed by atoms with Crippen molar-refractivity contribution in [3.05, 3.63) is 12.3 Å². The molecule has 0 unspecified atom stereocenters. The van der Waals surface area contributed by atoms with Crippen LogP contribution in [0.2, 0.25) is 0 Å². The Labute approximate surface area is 74.8 Å². The van der Waals surface area contributed by atoms with Crippen LogP contribution in [-0.4, -0.2) is 5.60 Å². The van der Waals surface area contributed by atoms with Crippen LogP contribution in [0.3, 0.4) is 0 Å². The van der Waals surface area contributed by atoms with Gasteiger partial charge in [-0.25, -0.2) is 0 Å². The van der Waals surface area contributed by atoms with E-state index in [1.807, 2.05) is 0 Å². The summed E-state index contributed by atoms with van der Waals surface area (Å²) in [6.07, 6.45) is 6.51. The van der Waals surface area contributed by atoms with Crippen molar-refractivity contribution in [2.24, 2.45) is 5.41 Å². The van der Waals surface area contributed by atoms with Gasteiger partial charge in [-0.15, -0.1) is 0 Å². The topological polar surface area (TPSA) is 9.23 Å². The van der Waals surface area contributed by atoms with Crippen molar-refractivity contribution in [2.45, 2.75) is 51.6 Å².